The number of likely N-dealkylation sites (tertiary alicyclic amines) is 1. The quantitative estimate of drug-likeness (QED) is 0.705. The summed E-state index contributed by atoms with van der Waals surface area (Å²) in [5.74, 6) is 0.800. The predicted molar refractivity (Wildman–Crippen MR) is 59.4 cm³/mol. The van der Waals surface area contributed by atoms with Gasteiger partial charge in [0.2, 0.25) is 0 Å². The van der Waals surface area contributed by atoms with Crippen LogP contribution in [0.3, 0.4) is 0 Å². The number of hydrogen-bond donors (Lipinski definition) is 1. The van der Waals surface area contributed by atoms with Crippen molar-refractivity contribution in [3.63, 3.8) is 0 Å². The molecule has 0 saturated carbocycles. The van der Waals surface area contributed by atoms with Gasteiger partial charge in [-0.2, -0.15) is 0 Å². The lowest BCUT2D eigenvalue weighted by atomic mass is 10.1. The molecule has 1 saturated heterocycles. The molecule has 14 heavy (non-hydrogen) atoms. The summed E-state index contributed by atoms with van der Waals surface area (Å²) in [6.45, 7) is 9.14. The van der Waals surface area contributed by atoms with E-state index in [9.17, 15) is 0 Å². The Kier molecular flexibility index (Phi) is 4.85. The van der Waals surface area contributed by atoms with Crippen molar-refractivity contribution in [1.29, 1.82) is 0 Å². The minimum Gasteiger partial charge on any atom is -0.395 e. The van der Waals surface area contributed by atoms with Crippen LogP contribution in [-0.2, 0) is 0 Å². The van der Waals surface area contributed by atoms with Crippen molar-refractivity contribution in [2.45, 2.75) is 26.3 Å². The van der Waals surface area contributed by atoms with E-state index >= 15 is 0 Å². The Bertz CT molecular complexity index is 161. The molecule has 0 aromatic carbocycles. The third-order valence-corrected chi connectivity index (χ3v) is 3.21. The molecule has 1 aliphatic heterocycles. The minimum atomic E-state index is 0.298. The molecule has 3 heteroatoms. The summed E-state index contributed by atoms with van der Waals surface area (Å²) < 4.78 is 0. The van der Waals surface area contributed by atoms with Crippen molar-refractivity contribution in [3.8, 4) is 0 Å². The summed E-state index contributed by atoms with van der Waals surface area (Å²) in [7, 11) is 2.19. The van der Waals surface area contributed by atoms with Crippen LogP contribution in [-0.4, -0.2) is 60.8 Å². The van der Waals surface area contributed by atoms with E-state index in [4.69, 9.17) is 5.11 Å². The van der Waals surface area contributed by atoms with Crippen LogP contribution in [0.4, 0.5) is 0 Å². The van der Waals surface area contributed by atoms with Gasteiger partial charge in [-0.25, -0.2) is 0 Å². The number of aliphatic hydroxyl groups is 1. The average molecular weight is 200 g/mol. The van der Waals surface area contributed by atoms with Gasteiger partial charge >= 0.3 is 0 Å². The molecular weight excluding hydrogens is 176 g/mol. The average Bonchev–Trinajstić information content (AvgIpc) is 2.53. The summed E-state index contributed by atoms with van der Waals surface area (Å²) in [4.78, 5) is 4.77. The molecule has 1 N–H and O–H groups in total. The van der Waals surface area contributed by atoms with Gasteiger partial charge < -0.3 is 14.9 Å². The Labute approximate surface area is 87.7 Å². The Morgan fingerprint density at radius 2 is 2.21 bits per heavy atom. The number of hydrogen-bond acceptors (Lipinski definition) is 3. The Balaban J connectivity index is 2.21. The maximum absolute atomic E-state index is 8.83. The lowest BCUT2D eigenvalue weighted by Gasteiger charge is -2.24. The fourth-order valence-corrected chi connectivity index (χ4v) is 2.02. The molecule has 1 heterocycles. The molecule has 0 spiro atoms. The zero-order valence-electron chi connectivity index (χ0n) is 9.74. The third-order valence-electron chi connectivity index (χ3n) is 3.21. The van der Waals surface area contributed by atoms with E-state index in [-0.39, 0.29) is 0 Å². The second kappa shape index (κ2) is 5.69. The zero-order chi connectivity index (χ0) is 10.6. The standard InChI is InChI=1S/C11H24N2O/c1-10(2)12(3)8-11-4-5-13(9-11)6-7-14/h10-11,14H,4-9H2,1-3H3/t11-/m1/s1. The smallest absolute Gasteiger partial charge is 0.0558 e. The predicted octanol–water partition coefficient (Wildman–Crippen LogP) is 0.641. The van der Waals surface area contributed by atoms with Crippen LogP contribution in [0.2, 0.25) is 0 Å². The van der Waals surface area contributed by atoms with Crippen LogP contribution in [0, 0.1) is 5.92 Å². The first-order valence-corrected chi connectivity index (χ1v) is 5.67. The molecule has 3 nitrogen and oxygen atoms in total. The first-order valence-electron chi connectivity index (χ1n) is 5.67. The molecule has 0 amide bonds. The summed E-state index contributed by atoms with van der Waals surface area (Å²) >= 11 is 0. The van der Waals surface area contributed by atoms with Crippen molar-refractivity contribution in [3.05, 3.63) is 0 Å². The van der Waals surface area contributed by atoms with Gasteiger partial charge in [-0.3, -0.25) is 0 Å². The van der Waals surface area contributed by atoms with Gasteiger partial charge in [0.15, 0.2) is 0 Å². The highest BCUT2D eigenvalue weighted by atomic mass is 16.3. The van der Waals surface area contributed by atoms with Gasteiger partial charge in [-0.05, 0) is 39.8 Å². The molecule has 0 bridgehead atoms. The highest BCUT2D eigenvalue weighted by Crippen LogP contribution is 2.17. The van der Waals surface area contributed by atoms with Crippen molar-refractivity contribution in [1.82, 2.24) is 9.80 Å². The lowest BCUT2D eigenvalue weighted by molar-refractivity contribution is 0.201. The summed E-state index contributed by atoms with van der Waals surface area (Å²) in [5.41, 5.74) is 0. The van der Waals surface area contributed by atoms with E-state index in [0.717, 1.165) is 25.6 Å². The Morgan fingerprint density at radius 3 is 2.79 bits per heavy atom. The number of aliphatic hydroxyl groups excluding tert-OH is 1. The molecule has 0 aliphatic carbocycles. The van der Waals surface area contributed by atoms with E-state index in [2.05, 4.69) is 30.7 Å². The highest BCUT2D eigenvalue weighted by molar-refractivity contribution is 4.78. The van der Waals surface area contributed by atoms with Crippen molar-refractivity contribution < 1.29 is 5.11 Å². The van der Waals surface area contributed by atoms with E-state index in [1.165, 1.54) is 13.0 Å². The number of β-amino-alcohol motifs (C(OH)–C–C–N with tert-alkyl or cyclic N) is 1. The fraction of sp³-hybridized carbons (Fsp3) is 1.00. The summed E-state index contributed by atoms with van der Waals surface area (Å²) in [6.07, 6.45) is 1.29. The molecule has 0 unspecified atom stereocenters. The maximum Gasteiger partial charge on any atom is 0.0558 e. The monoisotopic (exact) mass is 200 g/mol. The number of nitrogens with zero attached hydrogens (tertiary/aromatic N) is 2. The van der Waals surface area contributed by atoms with Crippen molar-refractivity contribution >= 4 is 0 Å². The van der Waals surface area contributed by atoms with Gasteiger partial charge in [-0.15, -0.1) is 0 Å². The topological polar surface area (TPSA) is 26.7 Å². The van der Waals surface area contributed by atoms with Crippen LogP contribution in [0.15, 0.2) is 0 Å². The summed E-state index contributed by atoms with van der Waals surface area (Å²) in [5, 5.41) is 8.83. The molecule has 1 aliphatic rings. The molecule has 1 atom stereocenters. The highest BCUT2D eigenvalue weighted by Gasteiger charge is 2.23. The molecule has 0 aromatic heterocycles. The third kappa shape index (κ3) is 3.56. The molecule has 0 aromatic rings. The first kappa shape index (κ1) is 12.0. The van der Waals surface area contributed by atoms with E-state index in [0.29, 0.717) is 12.6 Å². The maximum atomic E-state index is 8.83. The largest absolute Gasteiger partial charge is 0.395 e. The first-order chi connectivity index (χ1) is 6.63. The van der Waals surface area contributed by atoms with Gasteiger partial charge in [0, 0.05) is 25.7 Å². The van der Waals surface area contributed by atoms with Crippen LogP contribution < -0.4 is 0 Å². The fourth-order valence-electron chi connectivity index (χ4n) is 2.02. The van der Waals surface area contributed by atoms with Gasteiger partial charge in [0.05, 0.1) is 6.61 Å². The molecule has 0 radical (unpaired) electrons. The van der Waals surface area contributed by atoms with Crippen LogP contribution in [0.1, 0.15) is 20.3 Å². The zero-order valence-corrected chi connectivity index (χ0v) is 9.74. The van der Waals surface area contributed by atoms with E-state index < -0.39 is 0 Å². The minimum absolute atomic E-state index is 0.298. The van der Waals surface area contributed by atoms with Crippen LogP contribution >= 0.6 is 0 Å². The second-order valence-corrected chi connectivity index (χ2v) is 4.71. The van der Waals surface area contributed by atoms with Crippen molar-refractivity contribution in [2.24, 2.45) is 5.92 Å². The lowest BCUT2D eigenvalue weighted by Crippen LogP contribution is -2.33. The number of rotatable bonds is 5. The normalized spacial score (nSPS) is 24.0. The summed E-state index contributed by atoms with van der Waals surface area (Å²) in [6, 6.07) is 0.641. The van der Waals surface area contributed by atoms with Crippen LogP contribution in [0.5, 0.6) is 0 Å². The molecular formula is C11H24N2O. The van der Waals surface area contributed by atoms with Crippen LogP contribution in [0.25, 0.3) is 0 Å². The van der Waals surface area contributed by atoms with Gasteiger partial charge in [0.25, 0.3) is 0 Å². The van der Waals surface area contributed by atoms with Gasteiger partial charge in [-0.1, -0.05) is 0 Å². The van der Waals surface area contributed by atoms with Gasteiger partial charge in [0.1, 0.15) is 0 Å². The van der Waals surface area contributed by atoms with E-state index in [1.807, 2.05) is 0 Å². The Morgan fingerprint density at radius 1 is 1.50 bits per heavy atom. The second-order valence-electron chi connectivity index (χ2n) is 4.71. The molecule has 1 rings (SSSR count). The van der Waals surface area contributed by atoms with E-state index in [1.54, 1.807) is 0 Å². The molecule has 1 fully saturated rings. The van der Waals surface area contributed by atoms with Crippen molar-refractivity contribution in [2.75, 3.05) is 39.8 Å². The Hall–Kier alpha value is -0.120. The SMILES string of the molecule is CC(C)N(C)C[C@H]1CCN(CCO)C1. The molecule has 84 valence electrons.